The van der Waals surface area contributed by atoms with Crippen LogP contribution in [-0.2, 0) is 6.18 Å². The molecular formula is C22H20F4N6S2. The zero-order valence-corrected chi connectivity index (χ0v) is 20.2. The molecule has 0 saturated carbocycles. The van der Waals surface area contributed by atoms with Crippen molar-refractivity contribution in [2.24, 2.45) is 10.1 Å². The highest BCUT2D eigenvalue weighted by Gasteiger charge is 2.37. The van der Waals surface area contributed by atoms with E-state index in [-0.39, 0.29) is 11.5 Å². The van der Waals surface area contributed by atoms with Crippen LogP contribution in [0, 0.1) is 26.6 Å². The lowest BCUT2D eigenvalue weighted by Crippen LogP contribution is -2.32. The van der Waals surface area contributed by atoms with Gasteiger partial charge in [0.05, 0.1) is 10.6 Å². The van der Waals surface area contributed by atoms with Gasteiger partial charge in [-0.15, -0.1) is 10.2 Å². The molecule has 1 aliphatic heterocycles. The molecule has 0 aliphatic carbocycles. The van der Waals surface area contributed by atoms with Gasteiger partial charge in [-0.05, 0) is 68.7 Å². The SMILES string of the molecule is CC1=NN(/C(=N/c2nnc(C)s2)Nc2ccc(C)c(C)c2)C(c2ccc(F)c(C(F)(F)F)c2)S1. The van der Waals surface area contributed by atoms with Crippen molar-refractivity contribution in [3.8, 4) is 0 Å². The number of benzene rings is 2. The van der Waals surface area contributed by atoms with Crippen LogP contribution in [0.2, 0.25) is 0 Å². The lowest BCUT2D eigenvalue weighted by atomic mass is 10.1. The fourth-order valence-electron chi connectivity index (χ4n) is 3.23. The summed E-state index contributed by atoms with van der Waals surface area (Å²) < 4.78 is 54.0. The van der Waals surface area contributed by atoms with E-state index in [9.17, 15) is 17.6 Å². The summed E-state index contributed by atoms with van der Waals surface area (Å²) in [5, 5.41) is 18.2. The maximum absolute atomic E-state index is 13.9. The number of halogens is 4. The molecule has 1 atom stereocenters. The summed E-state index contributed by atoms with van der Waals surface area (Å²) in [6, 6.07) is 8.72. The van der Waals surface area contributed by atoms with Crippen molar-refractivity contribution in [2.45, 2.75) is 39.2 Å². The molecule has 1 aliphatic rings. The molecule has 2 aromatic carbocycles. The van der Waals surface area contributed by atoms with E-state index >= 15 is 0 Å². The summed E-state index contributed by atoms with van der Waals surface area (Å²) in [4.78, 5) is 4.57. The second-order valence-electron chi connectivity index (χ2n) is 7.63. The van der Waals surface area contributed by atoms with E-state index in [0.717, 1.165) is 28.9 Å². The van der Waals surface area contributed by atoms with Gasteiger partial charge in [-0.2, -0.15) is 23.3 Å². The lowest BCUT2D eigenvalue weighted by Gasteiger charge is -2.25. The lowest BCUT2D eigenvalue weighted by molar-refractivity contribution is -0.140. The fraction of sp³-hybridized carbons (Fsp3) is 0.273. The van der Waals surface area contributed by atoms with Crippen LogP contribution in [0.3, 0.4) is 0 Å². The Bertz CT molecular complexity index is 1280. The Kier molecular flexibility index (Phi) is 6.63. The van der Waals surface area contributed by atoms with E-state index in [1.54, 1.807) is 13.8 Å². The van der Waals surface area contributed by atoms with Crippen LogP contribution in [0.1, 0.15) is 39.6 Å². The topological polar surface area (TPSA) is 65.8 Å². The first-order chi connectivity index (χ1) is 16.0. The number of thioether (sulfide) groups is 1. The molecule has 1 N–H and O–H groups in total. The molecule has 3 aromatic rings. The molecule has 0 radical (unpaired) electrons. The van der Waals surface area contributed by atoms with Crippen LogP contribution in [0.4, 0.5) is 28.4 Å². The smallest absolute Gasteiger partial charge is 0.324 e. The first-order valence-corrected chi connectivity index (χ1v) is 11.8. The van der Waals surface area contributed by atoms with Crippen LogP contribution in [0.5, 0.6) is 0 Å². The number of hydrogen-bond donors (Lipinski definition) is 1. The summed E-state index contributed by atoms with van der Waals surface area (Å²) in [7, 11) is 0. The predicted molar refractivity (Wildman–Crippen MR) is 128 cm³/mol. The summed E-state index contributed by atoms with van der Waals surface area (Å²) in [6.07, 6.45) is -4.82. The van der Waals surface area contributed by atoms with Gasteiger partial charge < -0.3 is 5.32 Å². The molecule has 0 fully saturated rings. The second kappa shape index (κ2) is 9.34. The van der Waals surface area contributed by atoms with Crippen molar-refractivity contribution >= 4 is 44.9 Å². The third kappa shape index (κ3) is 5.22. The first kappa shape index (κ1) is 24.1. The summed E-state index contributed by atoms with van der Waals surface area (Å²) >= 11 is 2.51. The molecule has 0 saturated heterocycles. The van der Waals surface area contributed by atoms with Crippen molar-refractivity contribution < 1.29 is 17.6 Å². The Morgan fingerprint density at radius 3 is 2.44 bits per heavy atom. The molecule has 1 unspecified atom stereocenters. The van der Waals surface area contributed by atoms with Crippen molar-refractivity contribution in [1.82, 2.24) is 15.2 Å². The van der Waals surface area contributed by atoms with Crippen molar-refractivity contribution in [2.75, 3.05) is 5.32 Å². The second-order valence-corrected chi connectivity index (χ2v) is 10.1. The van der Waals surface area contributed by atoms with Crippen LogP contribution in [0.15, 0.2) is 46.5 Å². The van der Waals surface area contributed by atoms with E-state index in [1.807, 2.05) is 32.0 Å². The number of hydrazone groups is 1. The number of rotatable bonds is 3. The highest BCUT2D eigenvalue weighted by Crippen LogP contribution is 2.42. The van der Waals surface area contributed by atoms with Gasteiger partial charge in [-0.25, -0.2) is 9.40 Å². The van der Waals surface area contributed by atoms with E-state index in [2.05, 4.69) is 25.6 Å². The molecular weight excluding hydrogens is 488 g/mol. The molecule has 12 heteroatoms. The Balaban J connectivity index is 1.77. The van der Waals surface area contributed by atoms with Crippen molar-refractivity contribution in [3.05, 3.63) is 69.5 Å². The molecule has 6 nitrogen and oxygen atoms in total. The Labute approximate surface area is 201 Å². The molecule has 4 rings (SSSR count). The third-order valence-corrected chi connectivity index (χ3v) is 6.88. The highest BCUT2D eigenvalue weighted by molar-refractivity contribution is 8.14. The van der Waals surface area contributed by atoms with Crippen LogP contribution in [0.25, 0.3) is 0 Å². The number of anilines is 1. The van der Waals surface area contributed by atoms with Gasteiger partial charge in [-0.1, -0.05) is 35.2 Å². The van der Waals surface area contributed by atoms with Gasteiger partial charge in [0, 0.05) is 5.69 Å². The van der Waals surface area contributed by atoms with Crippen molar-refractivity contribution in [3.63, 3.8) is 0 Å². The molecule has 0 amide bonds. The van der Waals surface area contributed by atoms with Gasteiger partial charge in [0.15, 0.2) is 0 Å². The zero-order valence-electron chi connectivity index (χ0n) is 18.6. The summed E-state index contributed by atoms with van der Waals surface area (Å²) in [5.41, 5.74) is 1.80. The Morgan fingerprint density at radius 2 is 1.79 bits per heavy atom. The Morgan fingerprint density at radius 1 is 1.03 bits per heavy atom. The summed E-state index contributed by atoms with van der Waals surface area (Å²) in [5.74, 6) is -1.07. The predicted octanol–water partition coefficient (Wildman–Crippen LogP) is 6.80. The highest BCUT2D eigenvalue weighted by atomic mass is 32.2. The van der Waals surface area contributed by atoms with Crippen molar-refractivity contribution in [1.29, 1.82) is 0 Å². The minimum Gasteiger partial charge on any atom is -0.324 e. The molecule has 34 heavy (non-hydrogen) atoms. The van der Waals surface area contributed by atoms with Crippen LogP contribution >= 0.6 is 23.1 Å². The molecule has 2 heterocycles. The number of nitrogens with zero attached hydrogens (tertiary/aromatic N) is 5. The third-order valence-electron chi connectivity index (χ3n) is 5.03. The minimum atomic E-state index is -4.82. The number of alkyl halides is 3. The molecule has 1 aromatic heterocycles. The quantitative estimate of drug-likeness (QED) is 0.239. The zero-order chi connectivity index (χ0) is 24.6. The minimum absolute atomic E-state index is 0.238. The van der Waals surface area contributed by atoms with Gasteiger partial charge >= 0.3 is 6.18 Å². The van der Waals surface area contributed by atoms with E-state index in [0.29, 0.717) is 15.2 Å². The van der Waals surface area contributed by atoms with Crippen LogP contribution in [-0.4, -0.2) is 26.2 Å². The normalized spacial score (nSPS) is 16.7. The first-order valence-electron chi connectivity index (χ1n) is 10.1. The Hall–Kier alpha value is -2.99. The monoisotopic (exact) mass is 508 g/mol. The number of hydrogen-bond acceptors (Lipinski definition) is 6. The van der Waals surface area contributed by atoms with Gasteiger partial charge in [0.25, 0.3) is 0 Å². The molecule has 0 bridgehead atoms. The maximum Gasteiger partial charge on any atom is 0.419 e. The number of guanidine groups is 1. The number of aryl methyl sites for hydroxylation is 3. The van der Waals surface area contributed by atoms with Gasteiger partial charge in [0.1, 0.15) is 16.2 Å². The largest absolute Gasteiger partial charge is 0.419 e. The molecule has 178 valence electrons. The maximum atomic E-state index is 13.9. The van der Waals surface area contributed by atoms with Gasteiger partial charge in [-0.3, -0.25) is 0 Å². The number of aliphatic imine (C=N–C) groups is 1. The average molecular weight is 509 g/mol. The molecule has 0 spiro atoms. The number of aromatic nitrogens is 2. The average Bonchev–Trinajstić information content (AvgIpc) is 3.35. The fourth-order valence-corrected chi connectivity index (χ4v) is 4.77. The van der Waals surface area contributed by atoms with Gasteiger partial charge in [0.2, 0.25) is 11.1 Å². The van der Waals surface area contributed by atoms with E-state index < -0.39 is 22.9 Å². The summed E-state index contributed by atoms with van der Waals surface area (Å²) in [6.45, 7) is 7.50. The van der Waals surface area contributed by atoms with E-state index in [4.69, 9.17) is 0 Å². The number of nitrogens with one attached hydrogen (secondary N) is 1. The van der Waals surface area contributed by atoms with E-state index in [1.165, 1.54) is 34.2 Å². The standard InChI is InChI=1S/C22H20F4N6S2/c1-11-5-7-16(9-12(11)2)27-20(28-21-30-29-13(3)34-21)32-19(33-14(4)31-32)15-6-8-18(23)17(10-15)22(24,25)26/h5-10,19H,1-4H3,(H,27,28,30). The van der Waals surface area contributed by atoms with Crippen LogP contribution < -0.4 is 5.32 Å².